The molecule has 78 valence electrons. The van der Waals surface area contributed by atoms with Crippen molar-refractivity contribution in [1.29, 1.82) is 0 Å². The van der Waals surface area contributed by atoms with Crippen molar-refractivity contribution in [2.24, 2.45) is 0 Å². The van der Waals surface area contributed by atoms with Gasteiger partial charge in [-0.25, -0.2) is 18.7 Å². The van der Waals surface area contributed by atoms with Crippen LogP contribution in [-0.2, 0) is 5.92 Å². The lowest BCUT2D eigenvalue weighted by Crippen LogP contribution is -2.10. The number of hydrogen-bond acceptors (Lipinski definition) is 2. The number of aromatic nitrogens is 2. The van der Waals surface area contributed by atoms with Gasteiger partial charge in [0, 0.05) is 25.2 Å². The molecule has 0 spiro atoms. The molecule has 14 heavy (non-hydrogen) atoms. The molecule has 1 unspecified atom stereocenters. The van der Waals surface area contributed by atoms with Gasteiger partial charge >= 0.3 is 0 Å². The van der Waals surface area contributed by atoms with E-state index in [1.807, 2.05) is 13.8 Å². The van der Waals surface area contributed by atoms with Crippen LogP contribution in [0.4, 0.5) is 8.78 Å². The molecule has 0 amide bonds. The number of halogens is 2. The van der Waals surface area contributed by atoms with Gasteiger partial charge in [-0.3, -0.25) is 0 Å². The monoisotopic (exact) mass is 200 g/mol. The minimum atomic E-state index is -2.85. The van der Waals surface area contributed by atoms with Gasteiger partial charge in [0.15, 0.2) is 0 Å². The first-order valence-corrected chi connectivity index (χ1v) is 4.65. The first kappa shape index (κ1) is 11.0. The van der Waals surface area contributed by atoms with Crippen molar-refractivity contribution in [2.75, 3.05) is 0 Å². The zero-order valence-electron chi connectivity index (χ0n) is 8.59. The van der Waals surface area contributed by atoms with Crippen LogP contribution in [0.5, 0.6) is 0 Å². The lowest BCUT2D eigenvalue weighted by Gasteiger charge is -2.11. The van der Waals surface area contributed by atoms with E-state index in [-0.39, 0.29) is 11.5 Å². The van der Waals surface area contributed by atoms with E-state index in [0.717, 1.165) is 13.3 Å². The van der Waals surface area contributed by atoms with Crippen molar-refractivity contribution >= 4 is 0 Å². The molecule has 1 heterocycles. The van der Waals surface area contributed by atoms with Crippen LogP contribution < -0.4 is 0 Å². The van der Waals surface area contributed by atoms with Crippen LogP contribution in [0.25, 0.3) is 0 Å². The Labute approximate surface area is 82.4 Å². The summed E-state index contributed by atoms with van der Waals surface area (Å²) in [6, 6.07) is 0. The highest BCUT2D eigenvalue weighted by molar-refractivity contribution is 5.12. The highest BCUT2D eigenvalue weighted by Gasteiger charge is 2.25. The lowest BCUT2D eigenvalue weighted by atomic mass is 10.1. The molecule has 0 fully saturated rings. The molecule has 1 atom stereocenters. The predicted octanol–water partition coefficient (Wildman–Crippen LogP) is 3.10. The van der Waals surface area contributed by atoms with Crippen LogP contribution in [0.3, 0.4) is 0 Å². The summed E-state index contributed by atoms with van der Waals surface area (Å²) in [7, 11) is 0. The summed E-state index contributed by atoms with van der Waals surface area (Å²) in [4.78, 5) is 7.85. The second-order valence-corrected chi connectivity index (χ2v) is 3.53. The van der Waals surface area contributed by atoms with Crippen molar-refractivity contribution in [3.05, 3.63) is 23.8 Å². The standard InChI is InChI=1S/C10H14F2N2/c1-4-7(2)9-13-5-8(6-14-9)10(3,11)12/h5-7H,4H2,1-3H3. The van der Waals surface area contributed by atoms with Gasteiger partial charge in [0.1, 0.15) is 5.82 Å². The fourth-order valence-corrected chi connectivity index (χ4v) is 1.00. The molecule has 1 aromatic rings. The normalized spacial score (nSPS) is 14.1. The Kier molecular flexibility index (Phi) is 3.13. The molecule has 0 bridgehead atoms. The maximum atomic E-state index is 12.8. The summed E-state index contributed by atoms with van der Waals surface area (Å²) >= 11 is 0. The van der Waals surface area contributed by atoms with E-state index in [1.165, 1.54) is 12.4 Å². The highest BCUT2D eigenvalue weighted by Crippen LogP contribution is 2.26. The minimum absolute atomic E-state index is 0.135. The van der Waals surface area contributed by atoms with Crippen molar-refractivity contribution in [2.45, 2.75) is 39.0 Å². The maximum Gasteiger partial charge on any atom is 0.273 e. The van der Waals surface area contributed by atoms with Gasteiger partial charge in [-0.05, 0) is 6.42 Å². The van der Waals surface area contributed by atoms with Gasteiger partial charge in [0.05, 0.1) is 5.56 Å². The Hall–Kier alpha value is -1.06. The third kappa shape index (κ3) is 2.47. The summed E-state index contributed by atoms with van der Waals surface area (Å²) < 4.78 is 25.6. The summed E-state index contributed by atoms with van der Waals surface area (Å²) in [6.07, 6.45) is 3.31. The molecule has 0 saturated heterocycles. The average molecular weight is 200 g/mol. The van der Waals surface area contributed by atoms with E-state index >= 15 is 0 Å². The first-order chi connectivity index (χ1) is 6.45. The Balaban J connectivity index is 2.89. The smallest absolute Gasteiger partial charge is 0.241 e. The van der Waals surface area contributed by atoms with Gasteiger partial charge in [-0.15, -0.1) is 0 Å². The average Bonchev–Trinajstić information content (AvgIpc) is 2.15. The van der Waals surface area contributed by atoms with Crippen LogP contribution in [0.1, 0.15) is 44.5 Å². The van der Waals surface area contributed by atoms with Gasteiger partial charge in [0.2, 0.25) is 0 Å². The zero-order valence-corrected chi connectivity index (χ0v) is 8.59. The number of rotatable bonds is 3. The molecule has 4 heteroatoms. The molecule has 1 rings (SSSR count). The van der Waals surface area contributed by atoms with Gasteiger partial charge < -0.3 is 0 Å². The van der Waals surface area contributed by atoms with E-state index < -0.39 is 5.92 Å². The topological polar surface area (TPSA) is 25.8 Å². The van der Waals surface area contributed by atoms with E-state index in [0.29, 0.717) is 5.82 Å². The van der Waals surface area contributed by atoms with Crippen LogP contribution in [-0.4, -0.2) is 9.97 Å². The second-order valence-electron chi connectivity index (χ2n) is 3.53. The number of nitrogens with zero attached hydrogens (tertiary/aromatic N) is 2. The van der Waals surface area contributed by atoms with Crippen molar-refractivity contribution < 1.29 is 8.78 Å². The van der Waals surface area contributed by atoms with E-state index in [1.54, 1.807) is 0 Å². The first-order valence-electron chi connectivity index (χ1n) is 4.65. The molecule has 0 saturated carbocycles. The Morgan fingerprint density at radius 1 is 1.36 bits per heavy atom. The number of alkyl halides is 2. The largest absolute Gasteiger partial charge is 0.273 e. The highest BCUT2D eigenvalue weighted by atomic mass is 19.3. The molecule has 0 aliphatic carbocycles. The Morgan fingerprint density at radius 3 is 2.21 bits per heavy atom. The summed E-state index contributed by atoms with van der Waals surface area (Å²) in [6.45, 7) is 4.82. The third-order valence-electron chi connectivity index (χ3n) is 2.23. The molecule has 1 aromatic heterocycles. The predicted molar refractivity (Wildman–Crippen MR) is 50.3 cm³/mol. The van der Waals surface area contributed by atoms with Crippen LogP contribution in [0.2, 0.25) is 0 Å². The molecule has 0 radical (unpaired) electrons. The van der Waals surface area contributed by atoms with Crippen LogP contribution >= 0.6 is 0 Å². The van der Waals surface area contributed by atoms with Crippen molar-refractivity contribution in [3.8, 4) is 0 Å². The molecule has 0 aliphatic heterocycles. The van der Waals surface area contributed by atoms with E-state index in [2.05, 4.69) is 9.97 Å². The SMILES string of the molecule is CCC(C)c1ncc(C(C)(F)F)cn1. The molecule has 0 N–H and O–H groups in total. The molecule has 0 aliphatic rings. The van der Waals surface area contributed by atoms with E-state index in [4.69, 9.17) is 0 Å². The van der Waals surface area contributed by atoms with Crippen molar-refractivity contribution in [3.63, 3.8) is 0 Å². The molecule has 2 nitrogen and oxygen atoms in total. The number of hydrogen-bond donors (Lipinski definition) is 0. The second kappa shape index (κ2) is 3.98. The fraction of sp³-hybridized carbons (Fsp3) is 0.600. The minimum Gasteiger partial charge on any atom is -0.241 e. The molecule has 0 aromatic carbocycles. The van der Waals surface area contributed by atoms with Gasteiger partial charge in [-0.2, -0.15) is 0 Å². The fourth-order valence-electron chi connectivity index (χ4n) is 1.00. The Morgan fingerprint density at radius 2 is 1.86 bits per heavy atom. The molecular formula is C10H14F2N2. The summed E-state index contributed by atoms with van der Waals surface area (Å²) in [5.41, 5.74) is -0.135. The van der Waals surface area contributed by atoms with E-state index in [9.17, 15) is 8.78 Å². The lowest BCUT2D eigenvalue weighted by molar-refractivity contribution is 0.0166. The Bertz CT molecular complexity index is 290. The van der Waals surface area contributed by atoms with Gasteiger partial charge in [-0.1, -0.05) is 13.8 Å². The maximum absolute atomic E-state index is 12.8. The summed E-state index contributed by atoms with van der Waals surface area (Å²) in [5.74, 6) is -2.01. The third-order valence-corrected chi connectivity index (χ3v) is 2.23. The zero-order chi connectivity index (χ0) is 10.8. The van der Waals surface area contributed by atoms with Gasteiger partial charge in [0.25, 0.3) is 5.92 Å². The molecular weight excluding hydrogens is 186 g/mol. The van der Waals surface area contributed by atoms with Crippen molar-refractivity contribution in [1.82, 2.24) is 9.97 Å². The van der Waals surface area contributed by atoms with Crippen LogP contribution in [0.15, 0.2) is 12.4 Å². The van der Waals surface area contributed by atoms with Crippen LogP contribution in [0, 0.1) is 0 Å². The summed E-state index contributed by atoms with van der Waals surface area (Å²) in [5, 5.41) is 0. The quantitative estimate of drug-likeness (QED) is 0.749.